The predicted molar refractivity (Wildman–Crippen MR) is 139 cm³/mol. The minimum Gasteiger partial charge on any atom is -0.481 e. The molecular formula is C28H34F3N3O5. The molecule has 0 unspecified atom stereocenters. The number of hydrogen-bond acceptors (Lipinski definition) is 4. The van der Waals surface area contributed by atoms with Crippen LogP contribution in [0.15, 0.2) is 48.5 Å². The molecule has 0 radical (unpaired) electrons. The first-order valence-corrected chi connectivity index (χ1v) is 13.1. The van der Waals surface area contributed by atoms with Gasteiger partial charge in [-0.1, -0.05) is 31.9 Å². The summed E-state index contributed by atoms with van der Waals surface area (Å²) in [6.45, 7) is 2.46. The highest BCUT2D eigenvalue weighted by molar-refractivity contribution is 5.94. The Hall–Kier alpha value is -3.76. The number of ether oxygens (including phenoxy) is 1. The number of carboxylic acids is 1. The van der Waals surface area contributed by atoms with Gasteiger partial charge in [0.2, 0.25) is 0 Å². The summed E-state index contributed by atoms with van der Waals surface area (Å²) in [5, 5.41) is 14.1. The monoisotopic (exact) mass is 549 g/mol. The third-order valence-electron chi connectivity index (χ3n) is 6.75. The first-order valence-electron chi connectivity index (χ1n) is 13.1. The van der Waals surface area contributed by atoms with Crippen LogP contribution in [0.2, 0.25) is 0 Å². The Bertz CT molecular complexity index is 1100. The number of nitrogens with one attached hydrogen (secondary N) is 2. The molecular weight excluding hydrogens is 515 g/mol. The van der Waals surface area contributed by atoms with Gasteiger partial charge >= 0.3 is 18.4 Å². The van der Waals surface area contributed by atoms with Gasteiger partial charge in [-0.2, -0.15) is 0 Å². The van der Waals surface area contributed by atoms with E-state index in [1.54, 1.807) is 29.2 Å². The number of halogens is 3. The molecule has 0 heterocycles. The number of rotatable bonds is 11. The summed E-state index contributed by atoms with van der Waals surface area (Å²) in [7, 11) is 0. The van der Waals surface area contributed by atoms with Gasteiger partial charge in [-0.15, -0.1) is 13.2 Å². The molecule has 3 rings (SSSR count). The molecule has 1 aliphatic rings. The first kappa shape index (κ1) is 29.8. The summed E-state index contributed by atoms with van der Waals surface area (Å²) in [6, 6.07) is 11.4. The number of alkyl halides is 3. The molecule has 3 amide bonds. The lowest BCUT2D eigenvalue weighted by Gasteiger charge is -2.37. The van der Waals surface area contributed by atoms with Crippen LogP contribution in [-0.2, 0) is 11.3 Å². The molecule has 212 valence electrons. The van der Waals surface area contributed by atoms with Crippen LogP contribution in [0.5, 0.6) is 5.75 Å². The molecule has 0 aromatic heterocycles. The van der Waals surface area contributed by atoms with Crippen molar-refractivity contribution in [1.29, 1.82) is 0 Å². The zero-order chi connectivity index (χ0) is 28.4. The highest BCUT2D eigenvalue weighted by Crippen LogP contribution is 2.32. The first-order chi connectivity index (χ1) is 18.5. The number of carbonyl (C=O) groups excluding carboxylic acids is 2. The van der Waals surface area contributed by atoms with Crippen LogP contribution in [0.3, 0.4) is 0 Å². The number of aliphatic carboxylic acids is 1. The maximum Gasteiger partial charge on any atom is 0.573 e. The smallest absolute Gasteiger partial charge is 0.481 e. The molecule has 0 bridgehead atoms. The molecule has 2 aromatic rings. The van der Waals surface area contributed by atoms with E-state index in [1.165, 1.54) is 12.1 Å². The number of urea groups is 1. The largest absolute Gasteiger partial charge is 0.573 e. The molecule has 2 aromatic carbocycles. The fraction of sp³-hybridized carbons (Fsp3) is 0.464. The topological polar surface area (TPSA) is 108 Å². The highest BCUT2D eigenvalue weighted by atomic mass is 19.4. The molecule has 11 heteroatoms. The van der Waals surface area contributed by atoms with Crippen molar-refractivity contribution >= 4 is 23.6 Å². The lowest BCUT2D eigenvalue weighted by atomic mass is 9.83. The van der Waals surface area contributed by atoms with Gasteiger partial charge in [0.15, 0.2) is 0 Å². The molecule has 0 atom stereocenters. The Labute approximate surface area is 225 Å². The minimum atomic E-state index is -4.80. The molecule has 0 spiro atoms. The van der Waals surface area contributed by atoms with Crippen molar-refractivity contribution in [3.05, 3.63) is 59.7 Å². The summed E-state index contributed by atoms with van der Waals surface area (Å²) in [4.78, 5) is 38.0. The number of hydrogen-bond donors (Lipinski definition) is 3. The Morgan fingerprint density at radius 1 is 1.00 bits per heavy atom. The maximum atomic E-state index is 13.4. The lowest BCUT2D eigenvalue weighted by molar-refractivity contribution is -0.274. The van der Waals surface area contributed by atoms with Gasteiger partial charge in [0.1, 0.15) is 5.75 Å². The van der Waals surface area contributed by atoms with Gasteiger partial charge in [0.25, 0.3) is 5.91 Å². The average Bonchev–Trinajstić information content (AvgIpc) is 2.88. The normalized spacial score (nSPS) is 17.2. The summed E-state index contributed by atoms with van der Waals surface area (Å²) in [5.41, 5.74) is 1.52. The average molecular weight is 550 g/mol. The van der Waals surface area contributed by atoms with E-state index in [-0.39, 0.29) is 43.2 Å². The Kier molecular flexibility index (Phi) is 10.6. The van der Waals surface area contributed by atoms with Crippen LogP contribution < -0.4 is 15.4 Å². The number of anilines is 1. The Balaban J connectivity index is 1.69. The van der Waals surface area contributed by atoms with E-state index in [9.17, 15) is 27.6 Å². The quantitative estimate of drug-likeness (QED) is 0.310. The van der Waals surface area contributed by atoms with Crippen molar-refractivity contribution in [2.45, 2.75) is 70.8 Å². The van der Waals surface area contributed by atoms with Crippen LogP contribution in [0.4, 0.5) is 23.7 Å². The van der Waals surface area contributed by atoms with Crippen LogP contribution >= 0.6 is 0 Å². The molecule has 39 heavy (non-hydrogen) atoms. The zero-order valence-electron chi connectivity index (χ0n) is 21.8. The van der Waals surface area contributed by atoms with E-state index < -0.39 is 12.3 Å². The third kappa shape index (κ3) is 9.81. The van der Waals surface area contributed by atoms with Gasteiger partial charge in [-0.25, -0.2) is 4.79 Å². The third-order valence-corrected chi connectivity index (χ3v) is 6.75. The second kappa shape index (κ2) is 13.9. The standard InChI is InChI=1S/C28H34F3N3O5/c1-2-3-19-6-12-23(13-7-19)34(27(38)33-22-10-14-24(15-11-22)39-28(29,30)31)18-20-4-8-21(9-5-20)26(37)32-17-16-25(35)36/h4-5,8-11,14-15,19,23H,2-3,6-7,12-13,16-18H2,1H3,(H,32,37)(H,33,38)(H,35,36)/t19-,23+. The second-order valence-electron chi connectivity index (χ2n) is 9.69. The van der Waals surface area contributed by atoms with Crippen molar-refractivity contribution in [1.82, 2.24) is 10.2 Å². The lowest BCUT2D eigenvalue weighted by Crippen LogP contribution is -2.44. The number of nitrogens with zero attached hydrogens (tertiary/aromatic N) is 1. The summed E-state index contributed by atoms with van der Waals surface area (Å²) in [5.74, 6) is -1.13. The van der Waals surface area contributed by atoms with Crippen molar-refractivity contribution in [2.24, 2.45) is 5.92 Å². The molecule has 1 fully saturated rings. The SMILES string of the molecule is CCC[C@H]1CC[C@@H](N(Cc2ccc(C(=O)NCCC(=O)O)cc2)C(=O)Nc2ccc(OC(F)(F)F)cc2)CC1. The number of benzene rings is 2. The van der Waals surface area contributed by atoms with Gasteiger partial charge in [0, 0.05) is 30.4 Å². The summed E-state index contributed by atoms with van der Waals surface area (Å²) >= 11 is 0. The van der Waals surface area contributed by atoms with Gasteiger partial charge < -0.3 is 25.4 Å². The highest BCUT2D eigenvalue weighted by Gasteiger charge is 2.31. The predicted octanol–water partition coefficient (Wildman–Crippen LogP) is 6.18. The zero-order valence-corrected chi connectivity index (χ0v) is 21.8. The van der Waals surface area contributed by atoms with Crippen LogP contribution in [0.1, 0.15) is 67.8 Å². The summed E-state index contributed by atoms with van der Waals surface area (Å²) in [6.07, 6.45) is 1.02. The molecule has 0 saturated heterocycles. The molecule has 0 aliphatic heterocycles. The van der Waals surface area contributed by atoms with Crippen molar-refractivity contribution in [3.63, 3.8) is 0 Å². The Morgan fingerprint density at radius 3 is 2.21 bits per heavy atom. The number of amides is 3. The molecule has 8 nitrogen and oxygen atoms in total. The van der Waals surface area contributed by atoms with Crippen LogP contribution in [0, 0.1) is 5.92 Å². The molecule has 1 saturated carbocycles. The fourth-order valence-electron chi connectivity index (χ4n) is 4.80. The van der Waals surface area contributed by atoms with Gasteiger partial charge in [-0.3, -0.25) is 9.59 Å². The molecule has 3 N–H and O–H groups in total. The fourth-order valence-corrected chi connectivity index (χ4v) is 4.80. The maximum absolute atomic E-state index is 13.4. The van der Waals surface area contributed by atoms with Crippen LogP contribution in [-0.4, -0.2) is 46.9 Å². The van der Waals surface area contributed by atoms with Gasteiger partial charge in [-0.05, 0) is 73.6 Å². The second-order valence-corrected chi connectivity index (χ2v) is 9.69. The number of carbonyl (C=O) groups is 3. The van der Waals surface area contributed by atoms with Crippen molar-refractivity contribution < 1.29 is 37.4 Å². The van der Waals surface area contributed by atoms with E-state index >= 15 is 0 Å². The van der Waals surface area contributed by atoms with Crippen molar-refractivity contribution in [3.8, 4) is 5.75 Å². The van der Waals surface area contributed by atoms with E-state index in [2.05, 4.69) is 22.3 Å². The van der Waals surface area contributed by atoms with E-state index in [4.69, 9.17) is 5.11 Å². The van der Waals surface area contributed by atoms with E-state index in [0.29, 0.717) is 17.2 Å². The van der Waals surface area contributed by atoms with Gasteiger partial charge in [0.05, 0.1) is 6.42 Å². The van der Waals surface area contributed by atoms with E-state index in [0.717, 1.165) is 56.2 Å². The molecule has 1 aliphatic carbocycles. The Morgan fingerprint density at radius 2 is 1.64 bits per heavy atom. The van der Waals surface area contributed by atoms with Crippen LogP contribution in [0.25, 0.3) is 0 Å². The van der Waals surface area contributed by atoms with Crippen molar-refractivity contribution in [2.75, 3.05) is 11.9 Å². The number of carboxylic acid groups (broad SMARTS) is 1. The minimum absolute atomic E-state index is 0.00932. The summed E-state index contributed by atoms with van der Waals surface area (Å²) < 4.78 is 41.3. The van der Waals surface area contributed by atoms with E-state index in [1.807, 2.05) is 0 Å².